The van der Waals surface area contributed by atoms with Crippen LogP contribution in [0.1, 0.15) is 47.1 Å². The van der Waals surface area contributed by atoms with Crippen molar-refractivity contribution in [1.29, 1.82) is 0 Å². The van der Waals surface area contributed by atoms with E-state index in [0.29, 0.717) is 0 Å². The van der Waals surface area contributed by atoms with E-state index in [1.807, 2.05) is 36.4 Å². The van der Waals surface area contributed by atoms with Crippen LogP contribution in [0.2, 0.25) is 5.02 Å². The van der Waals surface area contributed by atoms with Gasteiger partial charge in [0.25, 0.3) is 0 Å². The fourth-order valence-corrected chi connectivity index (χ4v) is 2.73. The first-order valence-electron chi connectivity index (χ1n) is 7.95. The summed E-state index contributed by atoms with van der Waals surface area (Å²) in [4.78, 5) is 12.9. The second-order valence-electron chi connectivity index (χ2n) is 8.14. The van der Waals surface area contributed by atoms with Crippen molar-refractivity contribution in [2.45, 2.75) is 41.5 Å². The molecule has 0 bridgehead atoms. The maximum atomic E-state index is 12.9. The van der Waals surface area contributed by atoms with E-state index in [-0.39, 0.29) is 16.6 Å². The third kappa shape index (κ3) is 4.23. The molecule has 0 unspecified atom stereocenters. The summed E-state index contributed by atoms with van der Waals surface area (Å²) in [5, 5.41) is 0.725. The Hall–Kier alpha value is -1.60. The Kier molecular flexibility index (Phi) is 4.73. The van der Waals surface area contributed by atoms with Crippen LogP contribution in [0.3, 0.4) is 0 Å². The summed E-state index contributed by atoms with van der Waals surface area (Å²) in [5.74, 6) is 0.165. The van der Waals surface area contributed by atoms with E-state index < -0.39 is 0 Å². The SMILES string of the molecule is CC(C)(C)C1=CC(=Cc2ccc(Cl)cc2)C=C(C(C)(C)C)C1=O. The monoisotopic (exact) mass is 328 g/mol. The lowest BCUT2D eigenvalue weighted by atomic mass is 9.72. The van der Waals surface area contributed by atoms with Gasteiger partial charge in [-0.05, 0) is 52.3 Å². The van der Waals surface area contributed by atoms with Gasteiger partial charge in [-0.2, -0.15) is 0 Å². The highest BCUT2D eigenvalue weighted by Crippen LogP contribution is 2.39. The highest BCUT2D eigenvalue weighted by Gasteiger charge is 2.33. The van der Waals surface area contributed by atoms with Gasteiger partial charge in [0.2, 0.25) is 0 Å². The molecule has 2 heteroatoms. The molecule has 1 aromatic rings. The normalized spacial score (nSPS) is 16.1. The maximum Gasteiger partial charge on any atom is 0.186 e. The molecular weight excluding hydrogens is 304 g/mol. The Bertz CT molecular complexity index is 666. The van der Waals surface area contributed by atoms with E-state index in [9.17, 15) is 4.79 Å². The van der Waals surface area contributed by atoms with Gasteiger partial charge >= 0.3 is 0 Å². The van der Waals surface area contributed by atoms with Gasteiger partial charge in [0.15, 0.2) is 5.78 Å². The summed E-state index contributed by atoms with van der Waals surface area (Å²) in [6.45, 7) is 12.5. The third-order valence-electron chi connectivity index (χ3n) is 3.93. The number of allylic oxidation sites excluding steroid dienone is 5. The number of rotatable bonds is 1. The highest BCUT2D eigenvalue weighted by molar-refractivity contribution is 6.30. The number of ketones is 1. The molecule has 0 fully saturated rings. The molecule has 122 valence electrons. The summed E-state index contributed by atoms with van der Waals surface area (Å²) < 4.78 is 0. The zero-order valence-corrected chi connectivity index (χ0v) is 15.6. The minimum absolute atomic E-state index is 0.165. The van der Waals surface area contributed by atoms with Gasteiger partial charge in [0, 0.05) is 16.2 Å². The first-order valence-corrected chi connectivity index (χ1v) is 8.32. The topological polar surface area (TPSA) is 17.1 Å². The van der Waals surface area contributed by atoms with E-state index in [1.165, 1.54) is 0 Å². The lowest BCUT2D eigenvalue weighted by molar-refractivity contribution is -0.114. The van der Waals surface area contributed by atoms with Crippen molar-refractivity contribution in [2.75, 3.05) is 0 Å². The average Bonchev–Trinajstić information content (AvgIpc) is 2.40. The number of carbonyl (C=O) groups is 1. The molecule has 0 aliphatic heterocycles. The Balaban J connectivity index is 2.56. The summed E-state index contributed by atoms with van der Waals surface area (Å²) >= 11 is 5.95. The number of carbonyl (C=O) groups excluding carboxylic acids is 1. The van der Waals surface area contributed by atoms with Crippen molar-refractivity contribution in [3.05, 3.63) is 63.7 Å². The van der Waals surface area contributed by atoms with Crippen LogP contribution in [-0.2, 0) is 4.79 Å². The molecule has 0 atom stereocenters. The van der Waals surface area contributed by atoms with Crippen molar-refractivity contribution in [1.82, 2.24) is 0 Å². The van der Waals surface area contributed by atoms with Gasteiger partial charge in [0.1, 0.15) is 0 Å². The quantitative estimate of drug-likeness (QED) is 0.595. The fraction of sp³-hybridized carbons (Fsp3) is 0.381. The lowest BCUT2D eigenvalue weighted by Gasteiger charge is -2.31. The molecule has 0 aromatic heterocycles. The molecular formula is C21H25ClO. The number of Topliss-reactive ketones (excluding diaryl/α,β-unsaturated/α-hetero) is 1. The summed E-state index contributed by atoms with van der Waals surface area (Å²) in [6, 6.07) is 7.73. The molecule has 2 rings (SSSR count). The van der Waals surface area contributed by atoms with E-state index in [0.717, 1.165) is 27.3 Å². The maximum absolute atomic E-state index is 12.9. The Morgan fingerprint density at radius 1 is 0.826 bits per heavy atom. The molecule has 1 aliphatic rings. The molecule has 23 heavy (non-hydrogen) atoms. The minimum atomic E-state index is -0.180. The van der Waals surface area contributed by atoms with Gasteiger partial charge in [-0.25, -0.2) is 0 Å². The first kappa shape index (κ1) is 17.7. The number of hydrogen-bond donors (Lipinski definition) is 0. The summed E-state index contributed by atoms with van der Waals surface area (Å²) in [5.41, 5.74) is 3.51. The lowest BCUT2D eigenvalue weighted by Crippen LogP contribution is -2.27. The molecule has 0 heterocycles. The van der Waals surface area contributed by atoms with E-state index in [4.69, 9.17) is 11.6 Å². The predicted molar refractivity (Wildman–Crippen MR) is 99.5 cm³/mol. The minimum Gasteiger partial charge on any atom is -0.289 e. The highest BCUT2D eigenvalue weighted by atomic mass is 35.5. The van der Waals surface area contributed by atoms with Crippen LogP contribution in [0, 0.1) is 10.8 Å². The molecule has 0 saturated heterocycles. The number of halogens is 1. The van der Waals surface area contributed by atoms with Gasteiger partial charge in [0.05, 0.1) is 0 Å². The van der Waals surface area contributed by atoms with Crippen molar-refractivity contribution >= 4 is 23.5 Å². The van der Waals surface area contributed by atoms with Crippen LogP contribution in [0.4, 0.5) is 0 Å². The average molecular weight is 329 g/mol. The van der Waals surface area contributed by atoms with Gasteiger partial charge < -0.3 is 0 Å². The molecule has 0 N–H and O–H groups in total. The summed E-state index contributed by atoms with van der Waals surface area (Å²) in [7, 11) is 0. The fourth-order valence-electron chi connectivity index (χ4n) is 2.60. The molecule has 1 aromatic carbocycles. The van der Waals surface area contributed by atoms with Crippen LogP contribution in [-0.4, -0.2) is 5.78 Å². The number of hydrogen-bond acceptors (Lipinski definition) is 1. The Morgan fingerprint density at radius 2 is 1.26 bits per heavy atom. The molecule has 1 aliphatic carbocycles. The Labute approximate surface area is 144 Å². The van der Waals surface area contributed by atoms with Gasteiger partial charge in [-0.15, -0.1) is 0 Å². The van der Waals surface area contributed by atoms with Crippen molar-refractivity contribution in [3.63, 3.8) is 0 Å². The number of benzene rings is 1. The van der Waals surface area contributed by atoms with Gasteiger partial charge in [-0.1, -0.05) is 65.3 Å². The van der Waals surface area contributed by atoms with E-state index >= 15 is 0 Å². The Morgan fingerprint density at radius 3 is 1.65 bits per heavy atom. The smallest absolute Gasteiger partial charge is 0.186 e. The second kappa shape index (κ2) is 6.13. The predicted octanol–water partition coefficient (Wildman–Crippen LogP) is 6.25. The summed E-state index contributed by atoms with van der Waals surface area (Å²) in [6.07, 6.45) is 6.14. The largest absolute Gasteiger partial charge is 0.289 e. The zero-order valence-electron chi connectivity index (χ0n) is 14.8. The van der Waals surface area contributed by atoms with E-state index in [1.54, 1.807) is 0 Å². The van der Waals surface area contributed by atoms with Crippen molar-refractivity contribution < 1.29 is 4.79 Å². The van der Waals surface area contributed by atoms with Crippen LogP contribution in [0.15, 0.2) is 53.1 Å². The second-order valence-corrected chi connectivity index (χ2v) is 8.58. The molecule has 1 nitrogen and oxygen atoms in total. The molecule has 0 saturated carbocycles. The third-order valence-corrected chi connectivity index (χ3v) is 4.18. The van der Waals surface area contributed by atoms with Crippen LogP contribution < -0.4 is 0 Å². The van der Waals surface area contributed by atoms with E-state index in [2.05, 4.69) is 47.6 Å². The van der Waals surface area contributed by atoms with Crippen molar-refractivity contribution in [2.24, 2.45) is 10.8 Å². The standard InChI is InChI=1S/C21H25ClO/c1-20(2,3)17-12-15(11-14-7-9-16(22)10-8-14)13-18(19(17)23)21(4,5)6/h7-13H,1-6H3. The zero-order chi connectivity index (χ0) is 17.4. The molecule has 0 radical (unpaired) electrons. The van der Waals surface area contributed by atoms with Crippen molar-refractivity contribution in [3.8, 4) is 0 Å². The molecule has 0 spiro atoms. The first-order chi connectivity index (χ1) is 10.5. The molecule has 0 amide bonds. The van der Waals surface area contributed by atoms with Crippen LogP contribution in [0.5, 0.6) is 0 Å². The van der Waals surface area contributed by atoms with Crippen LogP contribution in [0.25, 0.3) is 6.08 Å². The van der Waals surface area contributed by atoms with Crippen LogP contribution >= 0.6 is 11.6 Å². The van der Waals surface area contributed by atoms with Gasteiger partial charge in [-0.3, -0.25) is 4.79 Å².